The third kappa shape index (κ3) is 7.59. The second kappa shape index (κ2) is 13.3. The molecule has 202 valence electrons. The number of carbonyl (C=O) groups is 2. The molecule has 39 heavy (non-hydrogen) atoms. The number of aromatic carboxylic acids is 1. The Kier molecular flexibility index (Phi) is 9.57. The Balaban J connectivity index is 1.57. The Labute approximate surface area is 231 Å². The number of methoxy groups -OCH3 is 1. The van der Waals surface area contributed by atoms with Crippen LogP contribution in [0.15, 0.2) is 83.8 Å². The lowest BCUT2D eigenvalue weighted by Gasteiger charge is -2.23. The lowest BCUT2D eigenvalue weighted by molar-refractivity contribution is -0.137. The second-order valence-electron chi connectivity index (χ2n) is 9.32. The summed E-state index contributed by atoms with van der Waals surface area (Å²) in [6.45, 7) is 0. The van der Waals surface area contributed by atoms with Crippen molar-refractivity contribution in [1.29, 1.82) is 0 Å². The third-order valence-corrected chi connectivity index (χ3v) is 7.90. The molecule has 0 aliphatic carbocycles. The smallest absolute Gasteiger partial charge is 0.341 e. The molecule has 0 fully saturated rings. The van der Waals surface area contributed by atoms with Gasteiger partial charge in [-0.05, 0) is 60.6 Å². The van der Waals surface area contributed by atoms with Crippen molar-refractivity contribution in [1.82, 2.24) is 4.98 Å². The Hall–Kier alpha value is -3.88. The van der Waals surface area contributed by atoms with E-state index < -0.39 is 18.0 Å². The summed E-state index contributed by atoms with van der Waals surface area (Å²) in [5, 5.41) is 29.9. The molecule has 2 unspecified atom stereocenters. The SMILES string of the molecule is COc1nc2cc(SC(c3ccc(CCc4ccccc4)cc3)C(O)CCCC(=O)O)ccc2cc1C(=O)O. The Bertz CT molecular complexity index is 1420. The summed E-state index contributed by atoms with van der Waals surface area (Å²) in [7, 11) is 1.38. The minimum atomic E-state index is -1.11. The van der Waals surface area contributed by atoms with Crippen molar-refractivity contribution in [2.45, 2.75) is 48.4 Å². The molecule has 0 saturated carbocycles. The van der Waals surface area contributed by atoms with Crippen LogP contribution in [0.3, 0.4) is 0 Å². The highest BCUT2D eigenvalue weighted by Gasteiger charge is 2.23. The van der Waals surface area contributed by atoms with Gasteiger partial charge in [0.05, 0.1) is 24.0 Å². The van der Waals surface area contributed by atoms with Crippen LogP contribution in [-0.4, -0.2) is 45.5 Å². The highest BCUT2D eigenvalue weighted by atomic mass is 32.2. The molecule has 2 atom stereocenters. The van der Waals surface area contributed by atoms with Crippen LogP contribution in [0.4, 0.5) is 0 Å². The fourth-order valence-electron chi connectivity index (χ4n) is 4.45. The number of benzene rings is 3. The first-order chi connectivity index (χ1) is 18.8. The second-order valence-corrected chi connectivity index (χ2v) is 10.5. The summed E-state index contributed by atoms with van der Waals surface area (Å²) in [6, 6.07) is 25.6. The summed E-state index contributed by atoms with van der Waals surface area (Å²) >= 11 is 1.47. The van der Waals surface area contributed by atoms with E-state index in [2.05, 4.69) is 29.2 Å². The molecule has 0 radical (unpaired) electrons. The molecule has 3 N–H and O–H groups in total. The maximum Gasteiger partial charge on any atom is 0.341 e. The summed E-state index contributed by atoms with van der Waals surface area (Å²) < 4.78 is 5.18. The molecule has 1 aromatic heterocycles. The van der Waals surface area contributed by atoms with Crippen LogP contribution in [0.2, 0.25) is 0 Å². The maximum absolute atomic E-state index is 11.5. The molecular formula is C31H31NO6S. The number of rotatable bonds is 13. The van der Waals surface area contributed by atoms with Crippen molar-refractivity contribution in [2.24, 2.45) is 0 Å². The van der Waals surface area contributed by atoms with E-state index in [0.29, 0.717) is 23.7 Å². The molecule has 0 aliphatic rings. The molecule has 8 heteroatoms. The lowest BCUT2D eigenvalue weighted by atomic mass is 9.99. The predicted octanol–water partition coefficient (Wildman–Crippen LogP) is 6.18. The zero-order valence-corrected chi connectivity index (χ0v) is 22.4. The number of aromatic nitrogens is 1. The topological polar surface area (TPSA) is 117 Å². The number of fused-ring (bicyclic) bond motifs is 1. The summed E-state index contributed by atoms with van der Waals surface area (Å²) in [5.74, 6) is -1.96. The first kappa shape index (κ1) is 28.1. The van der Waals surface area contributed by atoms with Gasteiger partial charge in [0.2, 0.25) is 5.88 Å². The summed E-state index contributed by atoms with van der Waals surface area (Å²) in [4.78, 5) is 27.8. The Morgan fingerprint density at radius 2 is 1.62 bits per heavy atom. The fourth-order valence-corrected chi connectivity index (χ4v) is 5.65. The van der Waals surface area contributed by atoms with Gasteiger partial charge in [-0.25, -0.2) is 9.78 Å². The van der Waals surface area contributed by atoms with Gasteiger partial charge in [0.25, 0.3) is 0 Å². The highest BCUT2D eigenvalue weighted by Crippen LogP contribution is 2.40. The molecule has 0 saturated heterocycles. The molecule has 0 spiro atoms. The number of ether oxygens (including phenoxy) is 1. The molecule has 3 aromatic carbocycles. The van der Waals surface area contributed by atoms with Gasteiger partial charge in [-0.2, -0.15) is 0 Å². The van der Waals surface area contributed by atoms with E-state index in [0.717, 1.165) is 23.3 Å². The largest absolute Gasteiger partial charge is 0.481 e. The summed E-state index contributed by atoms with van der Waals surface area (Å²) in [5.41, 5.74) is 3.99. The Morgan fingerprint density at radius 3 is 2.26 bits per heavy atom. The minimum absolute atomic E-state index is 0.00152. The molecule has 0 amide bonds. The van der Waals surface area contributed by atoms with Crippen LogP contribution in [-0.2, 0) is 17.6 Å². The maximum atomic E-state index is 11.5. The van der Waals surface area contributed by atoms with Crippen LogP contribution in [0, 0.1) is 0 Å². The molecule has 4 rings (SSSR count). The minimum Gasteiger partial charge on any atom is -0.481 e. The number of aliphatic carboxylic acids is 1. The number of hydrogen-bond donors (Lipinski definition) is 3. The van der Waals surface area contributed by atoms with Gasteiger partial charge in [0, 0.05) is 16.7 Å². The fraction of sp³-hybridized carbons (Fsp3) is 0.258. The van der Waals surface area contributed by atoms with Gasteiger partial charge in [-0.15, -0.1) is 11.8 Å². The van der Waals surface area contributed by atoms with Crippen LogP contribution in [0.5, 0.6) is 5.88 Å². The first-order valence-electron chi connectivity index (χ1n) is 12.8. The van der Waals surface area contributed by atoms with Gasteiger partial charge in [-0.1, -0.05) is 60.7 Å². The van der Waals surface area contributed by atoms with Crippen molar-refractivity contribution in [3.63, 3.8) is 0 Å². The van der Waals surface area contributed by atoms with Gasteiger partial charge >= 0.3 is 11.9 Å². The molecule has 1 heterocycles. The monoisotopic (exact) mass is 545 g/mol. The number of hydrogen-bond acceptors (Lipinski definition) is 6. The zero-order chi connectivity index (χ0) is 27.8. The molecule has 0 bridgehead atoms. The molecule has 0 aliphatic heterocycles. The normalized spacial score (nSPS) is 12.7. The average Bonchev–Trinajstić information content (AvgIpc) is 2.94. The van der Waals surface area contributed by atoms with E-state index >= 15 is 0 Å². The standard InChI is InChI=1S/C31H31NO6S/c1-38-30-25(31(36)37)18-23-16-17-24(19-26(23)32-30)39-29(27(33)8-5-9-28(34)35)22-14-12-21(13-15-22)11-10-20-6-3-2-4-7-20/h2-4,6-7,12-19,27,29,33H,5,8-11H2,1H3,(H,34,35)(H,36,37). The van der Waals surface area contributed by atoms with Gasteiger partial charge in [0.1, 0.15) is 5.56 Å². The van der Waals surface area contributed by atoms with E-state index in [4.69, 9.17) is 9.84 Å². The third-order valence-electron chi connectivity index (χ3n) is 6.53. The van der Waals surface area contributed by atoms with Crippen LogP contribution < -0.4 is 4.74 Å². The first-order valence-corrected chi connectivity index (χ1v) is 13.6. The zero-order valence-electron chi connectivity index (χ0n) is 21.6. The van der Waals surface area contributed by atoms with Gasteiger partial charge < -0.3 is 20.1 Å². The number of nitrogens with zero attached hydrogens (tertiary/aromatic N) is 1. The number of carboxylic acid groups (broad SMARTS) is 2. The molecule has 4 aromatic rings. The van der Waals surface area contributed by atoms with Gasteiger partial charge in [-0.3, -0.25) is 4.79 Å². The van der Waals surface area contributed by atoms with Gasteiger partial charge in [0.15, 0.2) is 0 Å². The van der Waals surface area contributed by atoms with E-state index in [1.54, 1.807) is 6.07 Å². The van der Waals surface area contributed by atoms with E-state index in [-0.39, 0.29) is 23.1 Å². The van der Waals surface area contributed by atoms with Crippen molar-refractivity contribution in [2.75, 3.05) is 7.11 Å². The van der Waals surface area contributed by atoms with E-state index in [9.17, 15) is 19.8 Å². The number of thioether (sulfide) groups is 1. The number of pyridine rings is 1. The van der Waals surface area contributed by atoms with Crippen molar-refractivity contribution in [3.8, 4) is 5.88 Å². The quantitative estimate of drug-likeness (QED) is 0.171. The predicted molar refractivity (Wildman–Crippen MR) is 152 cm³/mol. The number of aliphatic hydroxyl groups is 1. The summed E-state index contributed by atoms with van der Waals surface area (Å²) in [6.07, 6.45) is 1.79. The number of aliphatic hydroxyl groups excluding tert-OH is 1. The highest BCUT2D eigenvalue weighted by molar-refractivity contribution is 7.99. The Morgan fingerprint density at radius 1 is 0.923 bits per heavy atom. The van der Waals surface area contributed by atoms with E-state index in [1.165, 1.54) is 36.1 Å². The van der Waals surface area contributed by atoms with Crippen molar-refractivity contribution >= 4 is 34.6 Å². The van der Waals surface area contributed by atoms with Crippen LogP contribution in [0.1, 0.15) is 51.6 Å². The number of carboxylic acids is 2. The van der Waals surface area contributed by atoms with E-state index in [1.807, 2.05) is 42.5 Å². The number of aryl methyl sites for hydroxylation is 2. The van der Waals surface area contributed by atoms with Crippen molar-refractivity contribution in [3.05, 3.63) is 101 Å². The lowest BCUT2D eigenvalue weighted by Crippen LogP contribution is -2.16. The van der Waals surface area contributed by atoms with Crippen molar-refractivity contribution < 1.29 is 29.6 Å². The molecule has 7 nitrogen and oxygen atoms in total. The van der Waals surface area contributed by atoms with Crippen LogP contribution in [0.25, 0.3) is 10.9 Å². The average molecular weight is 546 g/mol. The van der Waals surface area contributed by atoms with Crippen LogP contribution >= 0.6 is 11.8 Å². The molecular weight excluding hydrogens is 514 g/mol.